The Kier molecular flexibility index (Phi) is 5.40. The highest BCUT2D eigenvalue weighted by Gasteiger charge is 2.30. The Hall–Kier alpha value is -3.23. The summed E-state index contributed by atoms with van der Waals surface area (Å²) < 4.78 is 29.7. The average Bonchev–Trinajstić information content (AvgIpc) is 3.25. The topological polar surface area (TPSA) is 75.5 Å². The summed E-state index contributed by atoms with van der Waals surface area (Å²) in [6.45, 7) is 1.95. The Labute approximate surface area is 186 Å². The fraction of sp³-hybridized carbons (Fsp3) is 0.250. The third-order valence-electron chi connectivity index (χ3n) is 6.04. The van der Waals surface area contributed by atoms with Gasteiger partial charge in [0.05, 0.1) is 22.3 Å². The van der Waals surface area contributed by atoms with Crippen molar-refractivity contribution in [3.05, 3.63) is 73.1 Å². The second-order valence-corrected chi connectivity index (χ2v) is 9.91. The van der Waals surface area contributed by atoms with Gasteiger partial charge in [-0.05, 0) is 35.0 Å². The van der Waals surface area contributed by atoms with E-state index in [0.717, 1.165) is 21.8 Å². The number of benzene rings is 3. The first-order chi connectivity index (χ1) is 15.5. The lowest BCUT2D eigenvalue weighted by molar-refractivity contribution is -0.132. The number of hydrogen-bond donors (Lipinski definition) is 0. The van der Waals surface area contributed by atoms with Crippen molar-refractivity contribution in [3.8, 4) is 0 Å². The molecule has 0 unspecified atom stereocenters. The Morgan fingerprint density at radius 2 is 1.59 bits per heavy atom. The van der Waals surface area contributed by atoms with Crippen LogP contribution in [0.4, 0.5) is 0 Å². The lowest BCUT2D eigenvalue weighted by Gasteiger charge is -2.34. The van der Waals surface area contributed by atoms with Crippen molar-refractivity contribution in [2.75, 3.05) is 26.2 Å². The van der Waals surface area contributed by atoms with Gasteiger partial charge >= 0.3 is 0 Å². The van der Waals surface area contributed by atoms with E-state index in [0.29, 0.717) is 44.0 Å². The fourth-order valence-corrected chi connectivity index (χ4v) is 5.68. The van der Waals surface area contributed by atoms with E-state index in [2.05, 4.69) is 4.98 Å². The van der Waals surface area contributed by atoms with E-state index in [-0.39, 0.29) is 5.91 Å². The lowest BCUT2D eigenvalue weighted by atomic mass is 10.1. The molecular formula is C24H24N4O3S. The van der Waals surface area contributed by atoms with Crippen LogP contribution in [-0.4, -0.2) is 59.3 Å². The number of amides is 1. The van der Waals surface area contributed by atoms with E-state index in [9.17, 15) is 13.2 Å². The molecule has 32 heavy (non-hydrogen) atoms. The van der Waals surface area contributed by atoms with Crippen LogP contribution in [0.5, 0.6) is 0 Å². The zero-order valence-electron chi connectivity index (χ0n) is 17.6. The van der Waals surface area contributed by atoms with Crippen LogP contribution in [0.1, 0.15) is 6.42 Å². The summed E-state index contributed by atoms with van der Waals surface area (Å²) in [5.74, 6) is 0.0329. The Morgan fingerprint density at radius 3 is 2.41 bits per heavy atom. The number of hydrogen-bond acceptors (Lipinski definition) is 4. The van der Waals surface area contributed by atoms with Gasteiger partial charge in [-0.3, -0.25) is 4.79 Å². The smallest absolute Gasteiger partial charge is 0.243 e. The number of rotatable bonds is 5. The van der Waals surface area contributed by atoms with Crippen LogP contribution in [-0.2, 0) is 21.4 Å². The molecule has 0 radical (unpaired) electrons. The van der Waals surface area contributed by atoms with E-state index >= 15 is 0 Å². The van der Waals surface area contributed by atoms with Gasteiger partial charge in [-0.2, -0.15) is 4.31 Å². The number of aromatic nitrogens is 2. The van der Waals surface area contributed by atoms with Crippen molar-refractivity contribution in [2.45, 2.75) is 17.9 Å². The molecule has 1 saturated heterocycles. The minimum Gasteiger partial charge on any atom is -0.340 e. The van der Waals surface area contributed by atoms with E-state index in [1.54, 1.807) is 23.4 Å². The summed E-state index contributed by atoms with van der Waals surface area (Å²) in [5.41, 5.74) is 1.92. The highest BCUT2D eigenvalue weighted by molar-refractivity contribution is 7.89. The van der Waals surface area contributed by atoms with E-state index < -0.39 is 10.0 Å². The van der Waals surface area contributed by atoms with Crippen LogP contribution >= 0.6 is 0 Å². The van der Waals surface area contributed by atoms with Gasteiger partial charge in [0.25, 0.3) is 0 Å². The van der Waals surface area contributed by atoms with Crippen molar-refractivity contribution < 1.29 is 13.2 Å². The number of carbonyl (C=O) groups is 1. The minimum atomic E-state index is -3.59. The predicted molar refractivity (Wildman–Crippen MR) is 124 cm³/mol. The first-order valence-electron chi connectivity index (χ1n) is 10.7. The number of piperazine rings is 1. The molecule has 0 atom stereocenters. The maximum absolute atomic E-state index is 13.1. The van der Waals surface area contributed by atoms with Gasteiger partial charge in [-0.25, -0.2) is 13.4 Å². The van der Waals surface area contributed by atoms with Crippen molar-refractivity contribution >= 4 is 37.7 Å². The molecule has 7 nitrogen and oxygen atoms in total. The van der Waals surface area contributed by atoms with E-state index in [4.69, 9.17) is 0 Å². The Bertz CT molecular complexity index is 1390. The summed E-state index contributed by atoms with van der Waals surface area (Å²) in [7, 11) is -3.59. The van der Waals surface area contributed by atoms with Crippen molar-refractivity contribution in [2.24, 2.45) is 0 Å². The van der Waals surface area contributed by atoms with Crippen LogP contribution in [0.15, 0.2) is 78.0 Å². The molecule has 2 heterocycles. The summed E-state index contributed by atoms with van der Waals surface area (Å²) in [4.78, 5) is 19.1. The zero-order valence-corrected chi connectivity index (χ0v) is 18.4. The van der Waals surface area contributed by atoms with Crippen LogP contribution < -0.4 is 0 Å². The summed E-state index contributed by atoms with van der Waals surface area (Å²) in [5, 5.41) is 1.90. The molecule has 4 aromatic rings. The predicted octanol–water partition coefficient (Wildman–Crippen LogP) is 3.11. The minimum absolute atomic E-state index is 0.0329. The molecule has 1 fully saturated rings. The summed E-state index contributed by atoms with van der Waals surface area (Å²) in [6.07, 6.45) is 2.11. The molecule has 0 spiro atoms. The second kappa shape index (κ2) is 8.37. The number of nitrogens with zero attached hydrogens (tertiary/aromatic N) is 4. The molecule has 0 saturated carbocycles. The Morgan fingerprint density at radius 1 is 0.875 bits per heavy atom. The van der Waals surface area contributed by atoms with Crippen molar-refractivity contribution in [1.82, 2.24) is 18.8 Å². The lowest BCUT2D eigenvalue weighted by Crippen LogP contribution is -2.50. The van der Waals surface area contributed by atoms with Crippen LogP contribution in [0.25, 0.3) is 21.8 Å². The number of carbonyl (C=O) groups excluding carboxylic acids is 1. The first-order valence-corrected chi connectivity index (χ1v) is 12.1. The second-order valence-electron chi connectivity index (χ2n) is 7.97. The molecule has 0 N–H and O–H groups in total. The molecule has 1 aromatic heterocycles. The first kappa shape index (κ1) is 20.7. The van der Waals surface area contributed by atoms with Crippen LogP contribution in [0.2, 0.25) is 0 Å². The normalized spacial score (nSPS) is 15.4. The maximum Gasteiger partial charge on any atom is 0.243 e. The van der Waals surface area contributed by atoms with Gasteiger partial charge in [0, 0.05) is 39.1 Å². The highest BCUT2D eigenvalue weighted by atomic mass is 32.2. The molecule has 0 aliphatic carbocycles. The number of imidazole rings is 1. The van der Waals surface area contributed by atoms with Gasteiger partial charge in [-0.1, -0.05) is 42.5 Å². The molecule has 1 amide bonds. The fourth-order valence-electron chi connectivity index (χ4n) is 4.22. The van der Waals surface area contributed by atoms with Gasteiger partial charge in [0.1, 0.15) is 0 Å². The number of sulfonamides is 1. The largest absolute Gasteiger partial charge is 0.340 e. The summed E-state index contributed by atoms with van der Waals surface area (Å²) >= 11 is 0. The molecule has 1 aliphatic rings. The number of aryl methyl sites for hydroxylation is 1. The molecule has 1 aliphatic heterocycles. The molecule has 0 bridgehead atoms. The van der Waals surface area contributed by atoms with Gasteiger partial charge in [0.2, 0.25) is 15.9 Å². The van der Waals surface area contributed by atoms with Crippen LogP contribution in [0, 0.1) is 0 Å². The molecular weight excluding hydrogens is 424 g/mol. The van der Waals surface area contributed by atoms with Crippen molar-refractivity contribution in [1.29, 1.82) is 0 Å². The Balaban J connectivity index is 1.21. The molecule has 5 rings (SSSR count). The third-order valence-corrected chi connectivity index (χ3v) is 7.94. The van der Waals surface area contributed by atoms with E-state index in [1.807, 2.05) is 59.2 Å². The number of fused-ring (bicyclic) bond motifs is 2. The van der Waals surface area contributed by atoms with Gasteiger partial charge in [0.15, 0.2) is 0 Å². The SMILES string of the molecule is O=C(CCn1cnc2ccccc21)N1CCN(S(=O)(=O)c2ccc3ccccc3c2)CC1. The highest BCUT2D eigenvalue weighted by Crippen LogP contribution is 2.23. The maximum atomic E-state index is 13.1. The van der Waals surface area contributed by atoms with E-state index in [1.165, 1.54) is 4.31 Å². The quantitative estimate of drug-likeness (QED) is 0.470. The third kappa shape index (κ3) is 3.87. The standard InChI is InChI=1S/C24H24N4O3S/c29-24(11-12-27-18-25-22-7-3-4-8-23(22)27)26-13-15-28(16-14-26)32(30,31)21-10-9-19-5-1-2-6-20(19)17-21/h1-10,17-18H,11-16H2. The molecule has 8 heteroatoms. The number of para-hydroxylation sites is 2. The average molecular weight is 449 g/mol. The van der Waals surface area contributed by atoms with Crippen molar-refractivity contribution in [3.63, 3.8) is 0 Å². The molecule has 164 valence electrons. The molecule has 3 aromatic carbocycles. The monoisotopic (exact) mass is 448 g/mol. The zero-order chi connectivity index (χ0) is 22.1. The van der Waals surface area contributed by atoms with Gasteiger partial charge < -0.3 is 9.47 Å². The summed E-state index contributed by atoms with van der Waals surface area (Å²) in [6, 6.07) is 20.7. The van der Waals surface area contributed by atoms with Gasteiger partial charge in [-0.15, -0.1) is 0 Å². The van der Waals surface area contributed by atoms with Crippen LogP contribution in [0.3, 0.4) is 0 Å².